The van der Waals surface area contributed by atoms with E-state index in [0.717, 1.165) is 0 Å². The standard InChI is InChI=1S/C17H18N2O7/c1-4-25-16(20)13-9(2)18-10(3)15(26-17(21)22)14(13)11-6-5-7-12(8-11)19(23)24/h5-8,14,18H,4H2,1-3H3,(H,21,22). The number of hydrogen-bond acceptors (Lipinski definition) is 7. The van der Waals surface area contributed by atoms with E-state index >= 15 is 0 Å². The summed E-state index contributed by atoms with van der Waals surface area (Å²) in [7, 11) is 0. The second-order valence-corrected chi connectivity index (χ2v) is 5.53. The minimum atomic E-state index is -1.56. The van der Waals surface area contributed by atoms with Crippen molar-refractivity contribution in [2.24, 2.45) is 0 Å². The fourth-order valence-corrected chi connectivity index (χ4v) is 2.82. The number of nitrogens with zero attached hydrogens (tertiary/aromatic N) is 1. The summed E-state index contributed by atoms with van der Waals surface area (Å²) in [5.41, 5.74) is 1.13. The third kappa shape index (κ3) is 3.82. The number of non-ortho nitro benzene ring substituents is 1. The zero-order valence-corrected chi connectivity index (χ0v) is 14.4. The predicted molar refractivity (Wildman–Crippen MR) is 90.1 cm³/mol. The lowest BCUT2D eigenvalue weighted by atomic mass is 9.85. The fraction of sp³-hybridized carbons (Fsp3) is 0.294. The minimum absolute atomic E-state index is 0.0355. The Morgan fingerprint density at radius 2 is 2.00 bits per heavy atom. The van der Waals surface area contributed by atoms with E-state index in [1.54, 1.807) is 26.8 Å². The lowest BCUT2D eigenvalue weighted by molar-refractivity contribution is -0.384. The lowest BCUT2D eigenvalue weighted by Gasteiger charge is -2.29. The molecule has 9 nitrogen and oxygen atoms in total. The van der Waals surface area contributed by atoms with Crippen LogP contribution in [0.5, 0.6) is 0 Å². The van der Waals surface area contributed by atoms with Crippen molar-refractivity contribution < 1.29 is 29.1 Å². The fourth-order valence-electron chi connectivity index (χ4n) is 2.82. The van der Waals surface area contributed by atoms with E-state index in [1.165, 1.54) is 18.2 Å². The number of carboxylic acid groups (broad SMARTS) is 1. The van der Waals surface area contributed by atoms with Crippen LogP contribution < -0.4 is 5.32 Å². The van der Waals surface area contributed by atoms with Gasteiger partial charge in [-0.2, -0.15) is 0 Å². The van der Waals surface area contributed by atoms with Crippen LogP contribution in [0.15, 0.2) is 47.0 Å². The van der Waals surface area contributed by atoms with Gasteiger partial charge < -0.3 is 19.9 Å². The van der Waals surface area contributed by atoms with Crippen LogP contribution in [0.3, 0.4) is 0 Å². The highest BCUT2D eigenvalue weighted by atomic mass is 16.7. The van der Waals surface area contributed by atoms with E-state index in [4.69, 9.17) is 14.6 Å². The zero-order valence-electron chi connectivity index (χ0n) is 14.4. The van der Waals surface area contributed by atoms with Gasteiger partial charge in [-0.3, -0.25) is 10.1 Å². The molecule has 2 N–H and O–H groups in total. The molecule has 1 aliphatic rings. The number of hydrogen-bond donors (Lipinski definition) is 2. The average Bonchev–Trinajstić information content (AvgIpc) is 2.56. The Balaban J connectivity index is 2.66. The number of rotatable bonds is 5. The molecule has 138 valence electrons. The highest BCUT2D eigenvalue weighted by Crippen LogP contribution is 2.40. The van der Waals surface area contributed by atoms with Gasteiger partial charge in [-0.15, -0.1) is 0 Å². The highest BCUT2D eigenvalue weighted by molar-refractivity contribution is 5.92. The molecule has 0 amide bonds. The number of nitro groups is 1. The molecular formula is C17H18N2O7. The van der Waals surface area contributed by atoms with Crippen LogP contribution in [0.4, 0.5) is 10.5 Å². The van der Waals surface area contributed by atoms with Gasteiger partial charge in [0.05, 0.1) is 28.7 Å². The largest absolute Gasteiger partial charge is 0.511 e. The molecule has 0 bridgehead atoms. The van der Waals surface area contributed by atoms with Crippen molar-refractivity contribution in [1.29, 1.82) is 0 Å². The summed E-state index contributed by atoms with van der Waals surface area (Å²) in [6.07, 6.45) is -1.56. The van der Waals surface area contributed by atoms with Crippen molar-refractivity contribution in [3.63, 3.8) is 0 Å². The van der Waals surface area contributed by atoms with Gasteiger partial charge in [-0.1, -0.05) is 12.1 Å². The molecular weight excluding hydrogens is 344 g/mol. The molecule has 0 saturated heterocycles. The molecule has 1 aromatic carbocycles. The van der Waals surface area contributed by atoms with E-state index in [9.17, 15) is 19.7 Å². The highest BCUT2D eigenvalue weighted by Gasteiger charge is 2.37. The first-order valence-corrected chi connectivity index (χ1v) is 7.77. The summed E-state index contributed by atoms with van der Waals surface area (Å²) in [6.45, 7) is 4.99. The zero-order chi connectivity index (χ0) is 19.4. The van der Waals surface area contributed by atoms with E-state index in [0.29, 0.717) is 17.0 Å². The smallest absolute Gasteiger partial charge is 0.463 e. The molecule has 1 heterocycles. The van der Waals surface area contributed by atoms with Crippen molar-refractivity contribution in [1.82, 2.24) is 5.32 Å². The van der Waals surface area contributed by atoms with Gasteiger partial charge in [0, 0.05) is 17.8 Å². The number of allylic oxidation sites excluding steroid dienone is 3. The van der Waals surface area contributed by atoms with Crippen molar-refractivity contribution >= 4 is 17.8 Å². The Morgan fingerprint density at radius 3 is 2.58 bits per heavy atom. The summed E-state index contributed by atoms with van der Waals surface area (Å²) in [6, 6.07) is 5.61. The SMILES string of the molecule is CCOC(=O)C1=C(C)NC(C)=C(OC(=O)O)C1c1cccc([N+](=O)[O-])c1. The van der Waals surface area contributed by atoms with E-state index in [1.807, 2.05) is 0 Å². The maximum atomic E-state index is 12.5. The minimum Gasteiger partial charge on any atom is -0.463 e. The topological polar surface area (TPSA) is 128 Å². The van der Waals surface area contributed by atoms with Crippen LogP contribution in [0.25, 0.3) is 0 Å². The molecule has 9 heteroatoms. The Labute approximate surface area is 149 Å². The molecule has 0 radical (unpaired) electrons. The number of esters is 1. The molecule has 0 fully saturated rings. The van der Waals surface area contributed by atoms with E-state index in [-0.39, 0.29) is 23.6 Å². The van der Waals surface area contributed by atoms with Gasteiger partial charge in [0.1, 0.15) is 5.76 Å². The van der Waals surface area contributed by atoms with Gasteiger partial charge >= 0.3 is 12.1 Å². The van der Waals surface area contributed by atoms with Crippen molar-refractivity contribution in [2.45, 2.75) is 26.7 Å². The number of ether oxygens (including phenoxy) is 2. The predicted octanol–water partition coefficient (Wildman–Crippen LogP) is 3.04. The van der Waals surface area contributed by atoms with Crippen molar-refractivity contribution in [3.8, 4) is 0 Å². The van der Waals surface area contributed by atoms with Crippen LogP contribution in [-0.4, -0.2) is 28.8 Å². The number of nitro benzene ring substituents is 1. The Morgan fingerprint density at radius 1 is 1.31 bits per heavy atom. The number of carbonyl (C=O) groups excluding carboxylic acids is 1. The first-order chi connectivity index (χ1) is 12.3. The molecule has 0 saturated carbocycles. The Bertz CT molecular complexity index is 826. The second kappa shape index (κ2) is 7.68. The summed E-state index contributed by atoms with van der Waals surface area (Å²) in [5.74, 6) is -1.65. The van der Waals surface area contributed by atoms with Crippen LogP contribution in [0.2, 0.25) is 0 Å². The monoisotopic (exact) mass is 362 g/mol. The molecule has 2 rings (SSSR count). The number of dihydropyridines is 1. The normalized spacial score (nSPS) is 16.8. The number of benzene rings is 1. The molecule has 0 aromatic heterocycles. The lowest BCUT2D eigenvalue weighted by Crippen LogP contribution is -2.30. The van der Waals surface area contributed by atoms with Crippen LogP contribution in [-0.2, 0) is 14.3 Å². The van der Waals surface area contributed by atoms with E-state index in [2.05, 4.69) is 5.32 Å². The molecule has 1 aliphatic heterocycles. The average molecular weight is 362 g/mol. The van der Waals surface area contributed by atoms with Crippen LogP contribution >= 0.6 is 0 Å². The quantitative estimate of drug-likeness (QED) is 0.465. The van der Waals surface area contributed by atoms with Gasteiger partial charge in [-0.05, 0) is 26.3 Å². The second-order valence-electron chi connectivity index (χ2n) is 5.53. The molecule has 1 unspecified atom stereocenters. The van der Waals surface area contributed by atoms with Crippen molar-refractivity contribution in [2.75, 3.05) is 6.61 Å². The first-order valence-electron chi connectivity index (χ1n) is 7.77. The van der Waals surface area contributed by atoms with Gasteiger partial charge in [-0.25, -0.2) is 9.59 Å². The number of nitrogens with one attached hydrogen (secondary N) is 1. The summed E-state index contributed by atoms with van der Waals surface area (Å²) >= 11 is 0. The van der Waals surface area contributed by atoms with Crippen LogP contribution in [0, 0.1) is 10.1 Å². The van der Waals surface area contributed by atoms with Crippen molar-refractivity contribution in [3.05, 3.63) is 62.7 Å². The maximum absolute atomic E-state index is 12.5. The van der Waals surface area contributed by atoms with Gasteiger partial charge in [0.25, 0.3) is 5.69 Å². The Kier molecular flexibility index (Phi) is 5.61. The third-order valence-corrected chi connectivity index (χ3v) is 3.81. The first kappa shape index (κ1) is 19.0. The Hall–Kier alpha value is -3.36. The molecule has 0 aliphatic carbocycles. The summed E-state index contributed by atoms with van der Waals surface area (Å²) < 4.78 is 9.97. The number of carbonyl (C=O) groups is 2. The maximum Gasteiger partial charge on any atom is 0.511 e. The summed E-state index contributed by atoms with van der Waals surface area (Å²) in [5, 5.41) is 23.1. The summed E-state index contributed by atoms with van der Waals surface area (Å²) in [4.78, 5) is 34.1. The molecule has 26 heavy (non-hydrogen) atoms. The third-order valence-electron chi connectivity index (χ3n) is 3.81. The molecule has 1 aromatic rings. The van der Waals surface area contributed by atoms with Crippen LogP contribution in [0.1, 0.15) is 32.3 Å². The van der Waals surface area contributed by atoms with Gasteiger partial charge in [0.15, 0.2) is 0 Å². The van der Waals surface area contributed by atoms with E-state index < -0.39 is 23.0 Å². The molecule has 1 atom stereocenters. The molecule has 0 spiro atoms. The van der Waals surface area contributed by atoms with Gasteiger partial charge in [0.2, 0.25) is 0 Å².